The summed E-state index contributed by atoms with van der Waals surface area (Å²) in [6, 6.07) is 0. The Morgan fingerprint density at radius 3 is 1.87 bits per heavy atom. The van der Waals surface area contributed by atoms with E-state index < -0.39 is 40.2 Å². The maximum Gasteiger partial charge on any atom is 0.300 e. The van der Waals surface area contributed by atoms with Crippen molar-refractivity contribution in [3.63, 3.8) is 0 Å². The van der Waals surface area contributed by atoms with Gasteiger partial charge in [0.05, 0.1) is 11.0 Å². The lowest BCUT2D eigenvalue weighted by molar-refractivity contribution is -0.134. The number of hydrogen-bond donors (Lipinski definition) is 4. The van der Waals surface area contributed by atoms with Gasteiger partial charge in [0.2, 0.25) is 0 Å². The smallest absolute Gasteiger partial charge is 0.300 e. The monoisotopic (exact) mass is 544 g/mol. The van der Waals surface area contributed by atoms with E-state index in [9.17, 15) is 24.9 Å². The molecule has 0 heterocycles. The average Bonchev–Trinajstić information content (AvgIpc) is 3.09. The van der Waals surface area contributed by atoms with Crippen molar-refractivity contribution in [2.75, 3.05) is 0 Å². The van der Waals surface area contributed by atoms with Gasteiger partial charge in [0.1, 0.15) is 17.1 Å². The van der Waals surface area contributed by atoms with Gasteiger partial charge in [0, 0.05) is 18.4 Å². The molecule has 7 heteroatoms. The van der Waals surface area contributed by atoms with Gasteiger partial charge in [-0.05, 0) is 85.5 Å². The fourth-order valence-electron chi connectivity index (χ4n) is 5.38. The van der Waals surface area contributed by atoms with E-state index in [1.165, 1.54) is 0 Å². The van der Waals surface area contributed by atoms with Crippen LogP contribution in [0.25, 0.3) is 0 Å². The van der Waals surface area contributed by atoms with Crippen LogP contribution in [-0.4, -0.2) is 43.6 Å². The maximum atomic E-state index is 14.0. The predicted octanol–water partition coefficient (Wildman–Crippen LogP) is 6.95. The van der Waals surface area contributed by atoms with Crippen molar-refractivity contribution in [3.05, 3.63) is 58.1 Å². The first-order valence-corrected chi connectivity index (χ1v) is 13.6. The lowest BCUT2D eigenvalue weighted by Crippen LogP contribution is -2.42. The second-order valence-corrected chi connectivity index (χ2v) is 12.1. The van der Waals surface area contributed by atoms with Crippen LogP contribution >= 0.6 is 0 Å². The van der Waals surface area contributed by atoms with Crippen LogP contribution in [0.2, 0.25) is 0 Å². The summed E-state index contributed by atoms with van der Waals surface area (Å²) in [7, 11) is 0. The first-order chi connectivity index (χ1) is 17.8. The highest BCUT2D eigenvalue weighted by molar-refractivity contribution is 6.24. The van der Waals surface area contributed by atoms with E-state index in [1.807, 2.05) is 46.8 Å². The van der Waals surface area contributed by atoms with Crippen molar-refractivity contribution in [2.45, 2.75) is 100 Å². The number of carbonyl (C=O) groups excluding carboxylic acids is 2. The maximum absolute atomic E-state index is 14.0. The van der Waals surface area contributed by atoms with Crippen molar-refractivity contribution >= 4 is 17.5 Å². The van der Waals surface area contributed by atoms with E-state index in [0.717, 1.165) is 30.1 Å². The Kier molecular flexibility index (Phi) is 11.7. The molecule has 0 unspecified atom stereocenters. The molecule has 0 bridgehead atoms. The number of carboxylic acids is 1. The summed E-state index contributed by atoms with van der Waals surface area (Å²) in [6.07, 6.45) is 5.68. The summed E-state index contributed by atoms with van der Waals surface area (Å²) in [4.78, 5) is 36.2. The van der Waals surface area contributed by atoms with E-state index in [4.69, 9.17) is 9.90 Å². The van der Waals surface area contributed by atoms with Crippen LogP contribution in [-0.2, 0) is 14.4 Å². The highest BCUT2D eigenvalue weighted by atomic mass is 16.4. The molecule has 7 nitrogen and oxygen atoms in total. The van der Waals surface area contributed by atoms with Crippen LogP contribution < -0.4 is 0 Å². The van der Waals surface area contributed by atoms with Crippen LogP contribution in [0.3, 0.4) is 0 Å². The minimum Gasteiger partial charge on any atom is -0.511 e. The van der Waals surface area contributed by atoms with E-state index in [1.54, 1.807) is 20.8 Å². The lowest BCUT2D eigenvalue weighted by Gasteiger charge is -2.38. The summed E-state index contributed by atoms with van der Waals surface area (Å²) >= 11 is 0. The summed E-state index contributed by atoms with van der Waals surface area (Å²) in [5, 5.41) is 41.6. The molecule has 39 heavy (non-hydrogen) atoms. The van der Waals surface area contributed by atoms with Gasteiger partial charge in [-0.2, -0.15) is 0 Å². The molecule has 0 radical (unpaired) electrons. The zero-order valence-electron chi connectivity index (χ0n) is 25.1. The molecule has 3 atom stereocenters. The second kappa shape index (κ2) is 13.4. The summed E-state index contributed by atoms with van der Waals surface area (Å²) < 4.78 is 0. The zero-order valence-corrected chi connectivity index (χ0v) is 25.1. The Morgan fingerprint density at radius 1 is 1.03 bits per heavy atom. The first-order valence-electron chi connectivity index (χ1n) is 13.6. The van der Waals surface area contributed by atoms with Gasteiger partial charge in [-0.25, -0.2) is 0 Å². The highest BCUT2D eigenvalue weighted by Crippen LogP contribution is 2.52. The molecule has 0 amide bonds. The fourth-order valence-corrected chi connectivity index (χ4v) is 5.38. The molecule has 218 valence electrons. The van der Waals surface area contributed by atoms with Crippen LogP contribution in [0.1, 0.15) is 94.4 Å². The molecule has 2 rings (SSSR count). The molecule has 1 fully saturated rings. The van der Waals surface area contributed by atoms with E-state index >= 15 is 0 Å². The molecule has 1 saturated carbocycles. The van der Waals surface area contributed by atoms with Gasteiger partial charge in [0.15, 0.2) is 11.6 Å². The van der Waals surface area contributed by atoms with Gasteiger partial charge in [-0.3, -0.25) is 14.4 Å². The minimum absolute atomic E-state index is 0.00458. The van der Waals surface area contributed by atoms with Gasteiger partial charge in [0.25, 0.3) is 5.97 Å². The van der Waals surface area contributed by atoms with Crippen LogP contribution in [0.5, 0.6) is 0 Å². The molecule has 0 saturated heterocycles. The van der Waals surface area contributed by atoms with Crippen molar-refractivity contribution in [3.8, 4) is 0 Å². The number of allylic oxidation sites excluding steroid dienone is 8. The van der Waals surface area contributed by atoms with E-state index in [-0.39, 0.29) is 48.0 Å². The third-order valence-corrected chi connectivity index (χ3v) is 7.71. The van der Waals surface area contributed by atoms with Gasteiger partial charge in [-0.15, -0.1) is 0 Å². The van der Waals surface area contributed by atoms with Crippen molar-refractivity contribution in [1.82, 2.24) is 0 Å². The standard InChI is InChI=1S/C30H44O5.C2H4O2/c1-17(2)10-14-30(15-11-18(3)4)27(33)22(26(32)24(28(30)34)25(31)20(7)8)16-23-21(19(5)6)12-13-29(23,9)35;1-2(3)4/h10-11,20-21,23,32-33,35H,5,12-16H2,1-4,6-9H3;1H3,(H,3,4)/t21-,23+,29+;/m0./s1. The third-order valence-electron chi connectivity index (χ3n) is 7.71. The van der Waals surface area contributed by atoms with Crippen LogP contribution in [0.15, 0.2) is 58.1 Å². The van der Waals surface area contributed by atoms with Crippen molar-refractivity contribution in [2.24, 2.45) is 23.2 Å². The summed E-state index contributed by atoms with van der Waals surface area (Å²) in [5.41, 5.74) is 0.448. The molecule has 2 aliphatic rings. The average molecular weight is 545 g/mol. The lowest BCUT2D eigenvalue weighted by atomic mass is 9.65. The molecule has 0 spiro atoms. The number of hydrogen-bond acceptors (Lipinski definition) is 6. The number of carbonyl (C=O) groups is 3. The molecule has 0 aliphatic heterocycles. The number of Topliss-reactive ketones (excluding diaryl/α,β-unsaturated/α-hetero) is 2. The number of aliphatic hydroxyl groups is 3. The van der Waals surface area contributed by atoms with E-state index in [0.29, 0.717) is 6.42 Å². The van der Waals surface area contributed by atoms with Gasteiger partial charge >= 0.3 is 0 Å². The quantitative estimate of drug-likeness (QED) is 0.182. The number of ketones is 2. The molecule has 4 N–H and O–H groups in total. The van der Waals surface area contributed by atoms with E-state index in [2.05, 4.69) is 6.58 Å². The Bertz CT molecular complexity index is 1080. The largest absolute Gasteiger partial charge is 0.511 e. The van der Waals surface area contributed by atoms with Gasteiger partial charge in [-0.1, -0.05) is 49.3 Å². The molecule has 2 aliphatic carbocycles. The molecule has 0 aromatic rings. The van der Waals surface area contributed by atoms with Crippen LogP contribution in [0.4, 0.5) is 0 Å². The first kappa shape index (κ1) is 34.1. The number of carboxylic acid groups (broad SMARTS) is 1. The zero-order chi connectivity index (χ0) is 30.5. The molecular weight excluding hydrogens is 496 g/mol. The highest BCUT2D eigenvalue weighted by Gasteiger charge is 2.52. The Morgan fingerprint density at radius 2 is 1.49 bits per heavy atom. The fraction of sp³-hybridized carbons (Fsp3) is 0.594. The Balaban J connectivity index is 0.00000177. The number of aliphatic carboxylic acids is 1. The number of rotatable bonds is 9. The minimum atomic E-state index is -1.39. The third kappa shape index (κ3) is 8.04. The van der Waals surface area contributed by atoms with Crippen molar-refractivity contribution in [1.29, 1.82) is 0 Å². The Hall–Kier alpha value is -2.93. The molecular formula is C32H48O7. The summed E-state index contributed by atoms with van der Waals surface area (Å²) in [6.45, 7) is 20.0. The molecule has 0 aromatic carbocycles. The topological polar surface area (TPSA) is 132 Å². The second-order valence-electron chi connectivity index (χ2n) is 12.1. The molecule has 0 aromatic heterocycles. The van der Waals surface area contributed by atoms with Crippen molar-refractivity contribution < 1.29 is 34.8 Å². The number of aliphatic hydroxyl groups excluding tert-OH is 2. The Labute approximate surface area is 233 Å². The SMILES string of the molecule is C=C(C)[C@@H]1CC[C@@](C)(O)[C@@H]1CC1=C(O)C(CC=C(C)C)(CC=C(C)C)C(=O)C(C(=O)C(C)C)=C1O.CC(=O)O. The predicted molar refractivity (Wildman–Crippen MR) is 154 cm³/mol. The summed E-state index contributed by atoms with van der Waals surface area (Å²) in [5.74, 6) is -3.26. The van der Waals surface area contributed by atoms with Crippen LogP contribution in [0, 0.1) is 23.2 Å². The normalized spacial score (nSPS) is 24.2. The van der Waals surface area contributed by atoms with Gasteiger partial charge < -0.3 is 20.4 Å².